The van der Waals surface area contributed by atoms with Gasteiger partial charge in [-0.1, -0.05) is 11.8 Å². The highest BCUT2D eigenvalue weighted by molar-refractivity contribution is 7.99. The van der Waals surface area contributed by atoms with Gasteiger partial charge in [-0.05, 0) is 14.0 Å². The van der Waals surface area contributed by atoms with Crippen LogP contribution in [-0.4, -0.2) is 28.8 Å². The highest BCUT2D eigenvalue weighted by atomic mass is 32.2. The van der Waals surface area contributed by atoms with E-state index < -0.39 is 0 Å². The molecule has 1 atom stereocenters. The van der Waals surface area contributed by atoms with E-state index in [1.807, 2.05) is 0 Å². The van der Waals surface area contributed by atoms with E-state index in [-0.39, 0.29) is 11.6 Å². The summed E-state index contributed by atoms with van der Waals surface area (Å²) in [6.07, 6.45) is 0. The third-order valence-electron chi connectivity index (χ3n) is 1.74. The first kappa shape index (κ1) is 11.8. The Kier molecular flexibility index (Phi) is 4.34. The van der Waals surface area contributed by atoms with Gasteiger partial charge >= 0.3 is 0 Å². The van der Waals surface area contributed by atoms with Crippen LogP contribution in [0.5, 0.6) is 0 Å². The van der Waals surface area contributed by atoms with Crippen LogP contribution >= 0.6 is 11.8 Å². The van der Waals surface area contributed by atoms with Crippen LogP contribution < -0.4 is 10.9 Å². The fourth-order valence-corrected chi connectivity index (χ4v) is 1.91. The number of hydrogen-bond acceptors (Lipinski definition) is 5. The average Bonchev–Trinajstić information content (AvgIpc) is 2.18. The standard InChI is InChI=1S/C9H12N4OS/c1-6-3-8(14)13-9(12-6)15-5-7(4-10)11-2/h3,7,11H,5H2,1-2H3,(H,12,13,14). The summed E-state index contributed by atoms with van der Waals surface area (Å²) in [6.45, 7) is 1.76. The summed E-state index contributed by atoms with van der Waals surface area (Å²) in [5.74, 6) is 0.555. The zero-order valence-corrected chi connectivity index (χ0v) is 9.39. The van der Waals surface area contributed by atoms with Gasteiger partial charge in [0.2, 0.25) is 0 Å². The number of nitriles is 1. The molecule has 1 unspecified atom stereocenters. The van der Waals surface area contributed by atoms with E-state index in [2.05, 4.69) is 21.4 Å². The lowest BCUT2D eigenvalue weighted by atomic mass is 10.4. The molecule has 15 heavy (non-hydrogen) atoms. The summed E-state index contributed by atoms with van der Waals surface area (Å²) in [5, 5.41) is 12.1. The lowest BCUT2D eigenvalue weighted by Crippen LogP contribution is -2.25. The van der Waals surface area contributed by atoms with Crippen LogP contribution in [-0.2, 0) is 0 Å². The van der Waals surface area contributed by atoms with Crippen molar-refractivity contribution in [3.63, 3.8) is 0 Å². The highest BCUT2D eigenvalue weighted by Crippen LogP contribution is 2.11. The summed E-state index contributed by atoms with van der Waals surface area (Å²) in [5.41, 5.74) is 0.516. The van der Waals surface area contributed by atoms with E-state index in [0.717, 1.165) is 0 Å². The molecule has 0 saturated heterocycles. The van der Waals surface area contributed by atoms with Gasteiger partial charge in [-0.15, -0.1) is 0 Å². The molecule has 5 nitrogen and oxygen atoms in total. The Morgan fingerprint density at radius 3 is 3.07 bits per heavy atom. The Morgan fingerprint density at radius 2 is 2.53 bits per heavy atom. The molecule has 1 aromatic rings. The molecule has 1 heterocycles. The summed E-state index contributed by atoms with van der Waals surface area (Å²) >= 11 is 1.35. The average molecular weight is 224 g/mol. The van der Waals surface area contributed by atoms with Gasteiger partial charge < -0.3 is 10.3 Å². The van der Waals surface area contributed by atoms with Crippen molar-refractivity contribution in [2.75, 3.05) is 12.8 Å². The van der Waals surface area contributed by atoms with Crippen LogP contribution in [0.3, 0.4) is 0 Å². The lowest BCUT2D eigenvalue weighted by molar-refractivity contribution is 0.747. The number of rotatable bonds is 4. The first-order valence-corrected chi connectivity index (χ1v) is 5.42. The number of aryl methyl sites for hydroxylation is 1. The first-order valence-electron chi connectivity index (χ1n) is 4.43. The summed E-state index contributed by atoms with van der Waals surface area (Å²) in [6, 6.07) is 3.30. The molecule has 0 aliphatic rings. The van der Waals surface area contributed by atoms with Crippen molar-refractivity contribution in [3.8, 4) is 6.07 Å². The van der Waals surface area contributed by atoms with Gasteiger partial charge in [0.1, 0.15) is 6.04 Å². The van der Waals surface area contributed by atoms with Crippen LogP contribution in [0.25, 0.3) is 0 Å². The molecule has 0 aliphatic heterocycles. The van der Waals surface area contributed by atoms with E-state index in [9.17, 15) is 4.79 Å². The van der Waals surface area contributed by atoms with Gasteiger partial charge in [-0.3, -0.25) is 4.79 Å². The van der Waals surface area contributed by atoms with Crippen LogP contribution in [0.2, 0.25) is 0 Å². The van der Waals surface area contributed by atoms with Gasteiger partial charge in [0, 0.05) is 17.5 Å². The number of nitrogens with one attached hydrogen (secondary N) is 2. The molecular weight excluding hydrogens is 212 g/mol. The van der Waals surface area contributed by atoms with Crippen molar-refractivity contribution in [2.45, 2.75) is 18.1 Å². The van der Waals surface area contributed by atoms with Crippen molar-refractivity contribution in [2.24, 2.45) is 0 Å². The van der Waals surface area contributed by atoms with Crippen LogP contribution in [0.15, 0.2) is 16.0 Å². The highest BCUT2D eigenvalue weighted by Gasteiger charge is 2.06. The monoisotopic (exact) mass is 224 g/mol. The van der Waals surface area contributed by atoms with Gasteiger partial charge in [0.25, 0.3) is 5.56 Å². The number of aromatic nitrogens is 2. The molecule has 0 saturated carbocycles. The fourth-order valence-electron chi connectivity index (χ4n) is 0.967. The zero-order valence-electron chi connectivity index (χ0n) is 8.57. The van der Waals surface area contributed by atoms with E-state index in [0.29, 0.717) is 16.6 Å². The Bertz CT molecular complexity index is 423. The van der Waals surface area contributed by atoms with Crippen LogP contribution in [0.1, 0.15) is 5.69 Å². The summed E-state index contributed by atoms with van der Waals surface area (Å²) in [7, 11) is 1.72. The maximum atomic E-state index is 11.1. The maximum Gasteiger partial charge on any atom is 0.251 e. The van der Waals surface area contributed by atoms with Gasteiger partial charge in [-0.25, -0.2) is 4.98 Å². The smallest absolute Gasteiger partial charge is 0.251 e. The maximum absolute atomic E-state index is 11.1. The third kappa shape index (κ3) is 3.73. The van der Waals surface area contributed by atoms with Crippen molar-refractivity contribution in [3.05, 3.63) is 22.1 Å². The topological polar surface area (TPSA) is 81.6 Å². The molecular formula is C9H12N4OS. The number of H-pyrrole nitrogens is 1. The lowest BCUT2D eigenvalue weighted by Gasteiger charge is -2.06. The van der Waals surface area contributed by atoms with Crippen molar-refractivity contribution in [1.82, 2.24) is 15.3 Å². The normalized spacial score (nSPS) is 12.1. The third-order valence-corrected chi connectivity index (χ3v) is 2.71. The summed E-state index contributed by atoms with van der Waals surface area (Å²) in [4.78, 5) is 17.9. The minimum atomic E-state index is -0.235. The molecule has 0 bridgehead atoms. The SMILES string of the molecule is CNC(C#N)CSc1nc(C)cc(=O)[nH]1. The van der Waals surface area contributed by atoms with E-state index >= 15 is 0 Å². The molecule has 6 heteroatoms. The predicted molar refractivity (Wildman–Crippen MR) is 58.8 cm³/mol. The van der Waals surface area contributed by atoms with Crippen LogP contribution in [0.4, 0.5) is 0 Å². The molecule has 0 spiro atoms. The number of thioether (sulfide) groups is 1. The fraction of sp³-hybridized carbons (Fsp3) is 0.444. The predicted octanol–water partition coefficient (Wildman–Crippen LogP) is 0.282. The number of nitrogens with zero attached hydrogens (tertiary/aromatic N) is 2. The Hall–Kier alpha value is -1.32. The van der Waals surface area contributed by atoms with Gasteiger partial charge in [0.05, 0.1) is 6.07 Å². The number of hydrogen-bond donors (Lipinski definition) is 2. The Morgan fingerprint density at radius 1 is 1.80 bits per heavy atom. The van der Waals surface area contributed by atoms with Crippen molar-refractivity contribution in [1.29, 1.82) is 5.26 Å². The molecule has 0 radical (unpaired) electrons. The first-order chi connectivity index (χ1) is 7.15. The van der Waals surface area contributed by atoms with E-state index in [1.165, 1.54) is 17.8 Å². The molecule has 80 valence electrons. The second kappa shape index (κ2) is 5.53. The number of aromatic amines is 1. The Balaban J connectivity index is 2.66. The largest absolute Gasteiger partial charge is 0.304 e. The molecule has 2 N–H and O–H groups in total. The minimum absolute atomic E-state index is 0.164. The molecule has 0 aliphatic carbocycles. The van der Waals surface area contributed by atoms with Gasteiger partial charge in [0.15, 0.2) is 5.16 Å². The van der Waals surface area contributed by atoms with Crippen molar-refractivity contribution >= 4 is 11.8 Å². The molecule has 0 aromatic carbocycles. The summed E-state index contributed by atoms with van der Waals surface area (Å²) < 4.78 is 0. The zero-order chi connectivity index (χ0) is 11.3. The second-order valence-corrected chi connectivity index (χ2v) is 3.98. The molecule has 0 fully saturated rings. The van der Waals surface area contributed by atoms with E-state index in [1.54, 1.807) is 14.0 Å². The van der Waals surface area contributed by atoms with Crippen molar-refractivity contribution < 1.29 is 0 Å². The molecule has 1 aromatic heterocycles. The van der Waals surface area contributed by atoms with E-state index in [4.69, 9.17) is 5.26 Å². The quantitative estimate of drug-likeness (QED) is 0.567. The second-order valence-electron chi connectivity index (χ2n) is 2.97. The molecule has 0 amide bonds. The molecule has 1 rings (SSSR count). The Labute approximate surface area is 91.9 Å². The van der Waals surface area contributed by atoms with Gasteiger partial charge in [-0.2, -0.15) is 5.26 Å². The van der Waals surface area contributed by atoms with Crippen LogP contribution in [0, 0.1) is 18.3 Å². The minimum Gasteiger partial charge on any atom is -0.304 e.